The highest BCUT2D eigenvalue weighted by molar-refractivity contribution is 6.29. The fraction of sp³-hybridized carbons (Fsp3) is 0.143. The molecule has 0 spiro atoms. The topological polar surface area (TPSA) is 54.3 Å². The highest BCUT2D eigenvalue weighted by Gasteiger charge is 2.25. The highest BCUT2D eigenvalue weighted by Crippen LogP contribution is 2.31. The third-order valence-corrected chi connectivity index (χ3v) is 6.55. The first-order valence-corrected chi connectivity index (χ1v) is 11.6. The van der Waals surface area contributed by atoms with Gasteiger partial charge in [-0.2, -0.15) is 0 Å². The zero-order chi connectivity index (χ0) is 23.7. The third kappa shape index (κ3) is 4.35. The van der Waals surface area contributed by atoms with Crippen LogP contribution in [0.15, 0.2) is 84.9 Å². The van der Waals surface area contributed by atoms with Crippen molar-refractivity contribution in [1.82, 2.24) is 4.57 Å². The van der Waals surface area contributed by atoms with Crippen LogP contribution in [0.5, 0.6) is 0 Å². The summed E-state index contributed by atoms with van der Waals surface area (Å²) in [6, 6.07) is 26.6. The van der Waals surface area contributed by atoms with Crippen LogP contribution in [0.1, 0.15) is 32.7 Å². The number of nitrogens with zero attached hydrogens (tertiary/aromatic N) is 2. The van der Waals surface area contributed by atoms with Gasteiger partial charge in [0.15, 0.2) is 0 Å². The molecule has 2 heterocycles. The number of carbonyl (C=O) groups is 2. The second-order valence-electron chi connectivity index (χ2n) is 8.48. The van der Waals surface area contributed by atoms with Crippen LogP contribution >= 0.6 is 11.6 Å². The summed E-state index contributed by atoms with van der Waals surface area (Å²) >= 11 is 6.38. The van der Waals surface area contributed by atoms with E-state index in [9.17, 15) is 9.59 Å². The Bertz CT molecular complexity index is 1370. The third-order valence-electron chi connectivity index (χ3n) is 6.22. The molecular weight excluding hydrogens is 446 g/mol. The summed E-state index contributed by atoms with van der Waals surface area (Å²) in [7, 11) is 0. The van der Waals surface area contributed by atoms with E-state index in [1.165, 1.54) is 0 Å². The molecule has 0 saturated heterocycles. The normalized spacial score (nSPS) is 12.5. The van der Waals surface area contributed by atoms with Crippen molar-refractivity contribution in [1.29, 1.82) is 0 Å². The minimum Gasteiger partial charge on any atom is -0.330 e. The lowest BCUT2D eigenvalue weighted by Gasteiger charge is -2.23. The monoisotopic (exact) mass is 469 g/mol. The molecule has 0 bridgehead atoms. The van der Waals surface area contributed by atoms with Crippen LogP contribution in [0, 0.1) is 6.92 Å². The molecule has 5 rings (SSSR count). The Kier molecular flexibility index (Phi) is 5.95. The summed E-state index contributed by atoms with van der Waals surface area (Å²) in [6.07, 6.45) is 0.306. The fourth-order valence-electron chi connectivity index (χ4n) is 4.34. The maximum atomic E-state index is 13.5. The van der Waals surface area contributed by atoms with Crippen LogP contribution < -0.4 is 10.2 Å². The van der Waals surface area contributed by atoms with Gasteiger partial charge in [-0.3, -0.25) is 9.59 Å². The molecule has 5 nitrogen and oxygen atoms in total. The second kappa shape index (κ2) is 9.20. The number of halogens is 1. The number of amides is 2. The zero-order valence-electron chi connectivity index (χ0n) is 18.8. The highest BCUT2D eigenvalue weighted by atomic mass is 35.5. The Balaban J connectivity index is 1.35. The number of benzene rings is 3. The lowest BCUT2D eigenvalue weighted by Crippen LogP contribution is -2.30. The molecule has 0 radical (unpaired) electrons. The van der Waals surface area contributed by atoms with Gasteiger partial charge in [0.1, 0.15) is 5.15 Å². The van der Waals surface area contributed by atoms with Gasteiger partial charge < -0.3 is 14.8 Å². The number of para-hydroxylation sites is 1. The van der Waals surface area contributed by atoms with Crippen LogP contribution in [0.3, 0.4) is 0 Å². The molecule has 3 aromatic carbocycles. The van der Waals surface area contributed by atoms with Gasteiger partial charge in [-0.25, -0.2) is 0 Å². The number of fused-ring (bicyclic) bond motifs is 2. The SMILES string of the molecule is Cc1ccccc1CC(=O)Nc1ccc(C(=O)N2Cc3ccc(Cl)n3Cc3ccccc32)cc1. The fourth-order valence-corrected chi connectivity index (χ4v) is 4.57. The predicted molar refractivity (Wildman–Crippen MR) is 135 cm³/mol. The van der Waals surface area contributed by atoms with E-state index in [1.807, 2.05) is 72.2 Å². The first kappa shape index (κ1) is 22.0. The van der Waals surface area contributed by atoms with E-state index >= 15 is 0 Å². The summed E-state index contributed by atoms with van der Waals surface area (Å²) in [4.78, 5) is 27.8. The average molecular weight is 470 g/mol. The van der Waals surface area contributed by atoms with Gasteiger partial charge in [-0.1, -0.05) is 54.1 Å². The Labute approximate surface area is 203 Å². The van der Waals surface area contributed by atoms with E-state index in [4.69, 9.17) is 11.6 Å². The van der Waals surface area contributed by atoms with Crippen molar-refractivity contribution in [3.05, 3.63) is 118 Å². The standard InChI is InChI=1S/C28H24ClN3O2/c1-19-6-2-3-7-21(19)16-27(33)30-23-12-10-20(11-13-23)28(34)32-18-24-14-15-26(29)31(24)17-22-8-4-5-9-25(22)32/h2-15H,16-18H2,1H3,(H,30,33). The van der Waals surface area contributed by atoms with Crippen LogP contribution in [0.25, 0.3) is 0 Å². The maximum Gasteiger partial charge on any atom is 0.258 e. The maximum absolute atomic E-state index is 13.5. The number of carbonyl (C=O) groups excluding carboxylic acids is 2. The molecule has 0 aliphatic carbocycles. The molecule has 6 heteroatoms. The molecule has 0 unspecified atom stereocenters. The van der Waals surface area contributed by atoms with Crippen molar-refractivity contribution in [2.75, 3.05) is 10.2 Å². The van der Waals surface area contributed by atoms with Crippen LogP contribution in [0.4, 0.5) is 11.4 Å². The molecule has 2 amide bonds. The number of nitrogens with one attached hydrogen (secondary N) is 1. The molecule has 4 aromatic rings. The lowest BCUT2D eigenvalue weighted by atomic mass is 10.1. The first-order valence-electron chi connectivity index (χ1n) is 11.2. The molecule has 0 saturated carbocycles. The van der Waals surface area contributed by atoms with Crippen LogP contribution in [-0.2, 0) is 24.3 Å². The number of aryl methyl sites for hydroxylation is 1. The number of rotatable bonds is 4. The Hall–Kier alpha value is -3.83. The van der Waals surface area contributed by atoms with Gasteiger partial charge in [0.05, 0.1) is 19.5 Å². The van der Waals surface area contributed by atoms with Crippen molar-refractivity contribution in [3.8, 4) is 0 Å². The smallest absolute Gasteiger partial charge is 0.258 e. The number of aromatic nitrogens is 1. The first-order chi connectivity index (χ1) is 16.5. The van der Waals surface area contributed by atoms with Gasteiger partial charge in [0.25, 0.3) is 5.91 Å². The molecule has 1 aliphatic rings. The molecule has 1 aliphatic heterocycles. The number of hydrogen-bond acceptors (Lipinski definition) is 2. The predicted octanol–water partition coefficient (Wildman–Crippen LogP) is 5.84. The summed E-state index contributed by atoms with van der Waals surface area (Å²) in [6.45, 7) is 3.04. The van der Waals surface area contributed by atoms with E-state index < -0.39 is 0 Å². The van der Waals surface area contributed by atoms with E-state index in [2.05, 4.69) is 5.32 Å². The van der Waals surface area contributed by atoms with Gasteiger partial charge in [0, 0.05) is 22.6 Å². The van der Waals surface area contributed by atoms with Crippen molar-refractivity contribution < 1.29 is 9.59 Å². The Morgan fingerprint density at radius 2 is 1.62 bits per heavy atom. The molecule has 1 N–H and O–H groups in total. The zero-order valence-corrected chi connectivity index (χ0v) is 19.5. The summed E-state index contributed by atoms with van der Waals surface area (Å²) in [5.74, 6) is -0.191. The molecule has 0 atom stereocenters. The molecule has 170 valence electrons. The average Bonchev–Trinajstić information content (AvgIpc) is 3.08. The van der Waals surface area contributed by atoms with Gasteiger partial charge in [-0.05, 0) is 66.1 Å². The quantitative estimate of drug-likeness (QED) is 0.408. The minimum atomic E-state index is -0.101. The van der Waals surface area contributed by atoms with Gasteiger partial charge in [0.2, 0.25) is 5.91 Å². The van der Waals surface area contributed by atoms with E-state index in [0.29, 0.717) is 35.9 Å². The van der Waals surface area contributed by atoms with Crippen LogP contribution in [0.2, 0.25) is 5.15 Å². The van der Waals surface area contributed by atoms with Gasteiger partial charge in [-0.15, -0.1) is 0 Å². The van der Waals surface area contributed by atoms with Crippen molar-refractivity contribution in [2.24, 2.45) is 0 Å². The molecular formula is C28H24ClN3O2. The summed E-state index contributed by atoms with van der Waals surface area (Å²) in [5, 5.41) is 3.58. The number of anilines is 2. The molecule has 1 aromatic heterocycles. The van der Waals surface area contributed by atoms with E-state index in [-0.39, 0.29) is 11.8 Å². The van der Waals surface area contributed by atoms with Crippen molar-refractivity contribution in [2.45, 2.75) is 26.4 Å². The largest absolute Gasteiger partial charge is 0.330 e. The summed E-state index contributed by atoms with van der Waals surface area (Å²) < 4.78 is 2.03. The molecule has 34 heavy (non-hydrogen) atoms. The Morgan fingerprint density at radius 1 is 0.882 bits per heavy atom. The Morgan fingerprint density at radius 3 is 2.41 bits per heavy atom. The van der Waals surface area contributed by atoms with Crippen LogP contribution in [-0.4, -0.2) is 16.4 Å². The number of hydrogen-bond donors (Lipinski definition) is 1. The van der Waals surface area contributed by atoms with Gasteiger partial charge >= 0.3 is 0 Å². The molecule has 0 fully saturated rings. The lowest BCUT2D eigenvalue weighted by molar-refractivity contribution is -0.115. The summed E-state index contributed by atoms with van der Waals surface area (Å²) in [5.41, 5.74) is 6.19. The van der Waals surface area contributed by atoms with E-state index in [1.54, 1.807) is 29.2 Å². The van der Waals surface area contributed by atoms with E-state index in [0.717, 1.165) is 28.1 Å². The van der Waals surface area contributed by atoms with Crippen molar-refractivity contribution >= 4 is 34.8 Å². The minimum absolute atomic E-state index is 0.0903. The van der Waals surface area contributed by atoms with Crippen molar-refractivity contribution in [3.63, 3.8) is 0 Å². The second-order valence-corrected chi connectivity index (χ2v) is 8.87.